The monoisotopic (exact) mass is 294 g/mol. The van der Waals surface area contributed by atoms with Gasteiger partial charge in [-0.15, -0.1) is 0 Å². The summed E-state index contributed by atoms with van der Waals surface area (Å²) >= 11 is 6.06. The van der Waals surface area contributed by atoms with Gasteiger partial charge in [-0.25, -0.2) is 0 Å². The first kappa shape index (κ1) is 13.9. The zero-order valence-corrected chi connectivity index (χ0v) is 12.3. The maximum atomic E-state index is 12.2. The van der Waals surface area contributed by atoms with Crippen LogP contribution >= 0.6 is 11.6 Å². The summed E-state index contributed by atoms with van der Waals surface area (Å²) in [6.07, 6.45) is 0.935. The third-order valence-corrected chi connectivity index (χ3v) is 4.50. The Hall–Kier alpha value is -1.10. The zero-order valence-electron chi connectivity index (χ0n) is 11.5. The fraction of sp³-hybridized carbons (Fsp3) is 0.533. The summed E-state index contributed by atoms with van der Waals surface area (Å²) in [7, 11) is 0. The molecule has 0 saturated carbocycles. The molecule has 2 aliphatic rings. The molecular formula is C15H19ClN2O2. The largest absolute Gasteiger partial charge is 0.381 e. The number of benzene rings is 1. The molecule has 3 unspecified atom stereocenters. The van der Waals surface area contributed by atoms with Gasteiger partial charge in [-0.3, -0.25) is 10.1 Å². The number of ether oxygens (including phenoxy) is 1. The molecule has 0 aliphatic carbocycles. The Balaban J connectivity index is 1.84. The van der Waals surface area contributed by atoms with Crippen molar-refractivity contribution in [1.29, 1.82) is 0 Å². The van der Waals surface area contributed by atoms with Gasteiger partial charge >= 0.3 is 0 Å². The van der Waals surface area contributed by atoms with Crippen molar-refractivity contribution in [1.82, 2.24) is 10.2 Å². The Bertz CT molecular complexity index is 502. The van der Waals surface area contributed by atoms with Crippen LogP contribution in [0.5, 0.6) is 0 Å². The summed E-state index contributed by atoms with van der Waals surface area (Å²) < 4.78 is 5.45. The van der Waals surface area contributed by atoms with Crippen molar-refractivity contribution in [3.63, 3.8) is 0 Å². The third kappa shape index (κ3) is 2.55. The second kappa shape index (κ2) is 5.72. The predicted octanol–water partition coefficient (Wildman–Crippen LogP) is 2.20. The normalized spacial score (nSPS) is 28.1. The molecule has 0 aromatic heterocycles. The number of nitrogens with zero attached hydrogens (tertiary/aromatic N) is 1. The van der Waals surface area contributed by atoms with Gasteiger partial charge in [0.1, 0.15) is 6.17 Å². The highest BCUT2D eigenvalue weighted by atomic mass is 35.5. The molecule has 1 aromatic rings. The minimum atomic E-state index is -0.0863. The maximum Gasteiger partial charge on any atom is 0.238 e. The van der Waals surface area contributed by atoms with Crippen molar-refractivity contribution in [3.05, 3.63) is 34.9 Å². The molecule has 3 atom stereocenters. The highest BCUT2D eigenvalue weighted by Gasteiger charge is 2.38. The van der Waals surface area contributed by atoms with E-state index < -0.39 is 0 Å². The molecule has 1 aromatic carbocycles. The van der Waals surface area contributed by atoms with E-state index in [-0.39, 0.29) is 18.1 Å². The van der Waals surface area contributed by atoms with E-state index in [1.54, 1.807) is 0 Å². The molecular weight excluding hydrogens is 276 g/mol. The molecule has 20 heavy (non-hydrogen) atoms. The van der Waals surface area contributed by atoms with Crippen molar-refractivity contribution in [3.8, 4) is 0 Å². The molecule has 5 heteroatoms. The van der Waals surface area contributed by atoms with Gasteiger partial charge in [0, 0.05) is 23.6 Å². The van der Waals surface area contributed by atoms with Crippen molar-refractivity contribution in [2.75, 3.05) is 19.8 Å². The van der Waals surface area contributed by atoms with E-state index in [9.17, 15) is 4.79 Å². The second-order valence-corrected chi connectivity index (χ2v) is 5.94. The summed E-state index contributed by atoms with van der Waals surface area (Å²) in [4.78, 5) is 14.2. The average Bonchev–Trinajstić information content (AvgIpc) is 3.07. The van der Waals surface area contributed by atoms with E-state index in [0.29, 0.717) is 17.5 Å². The minimum Gasteiger partial charge on any atom is -0.381 e. The molecule has 2 heterocycles. The van der Waals surface area contributed by atoms with Crippen LogP contribution in [0, 0.1) is 5.92 Å². The number of halogens is 1. The molecule has 1 N–H and O–H groups in total. The Morgan fingerprint density at radius 1 is 1.50 bits per heavy atom. The van der Waals surface area contributed by atoms with Crippen LogP contribution in [0.15, 0.2) is 24.3 Å². The molecule has 0 spiro atoms. The molecule has 0 bridgehead atoms. The number of carbonyl (C=O) groups is 1. The second-order valence-electron chi connectivity index (χ2n) is 5.50. The number of rotatable bonds is 3. The first-order valence-corrected chi connectivity index (χ1v) is 7.42. The SMILES string of the molecule is CC(C1CCOC1)N1C(=O)CNC1c1cccc(Cl)c1. The molecule has 1 amide bonds. The smallest absolute Gasteiger partial charge is 0.238 e. The van der Waals surface area contributed by atoms with Crippen LogP contribution in [0.2, 0.25) is 5.02 Å². The average molecular weight is 295 g/mol. The summed E-state index contributed by atoms with van der Waals surface area (Å²) in [5, 5.41) is 3.98. The van der Waals surface area contributed by atoms with E-state index in [4.69, 9.17) is 16.3 Å². The maximum absolute atomic E-state index is 12.2. The lowest BCUT2D eigenvalue weighted by atomic mass is 9.98. The van der Waals surface area contributed by atoms with E-state index in [1.807, 2.05) is 29.2 Å². The minimum absolute atomic E-state index is 0.0863. The van der Waals surface area contributed by atoms with Gasteiger partial charge in [0.05, 0.1) is 13.2 Å². The lowest BCUT2D eigenvalue weighted by Gasteiger charge is -2.33. The number of hydrogen-bond acceptors (Lipinski definition) is 3. The Labute approximate surface area is 124 Å². The first-order valence-electron chi connectivity index (χ1n) is 7.04. The van der Waals surface area contributed by atoms with Gasteiger partial charge in [0.25, 0.3) is 0 Å². The van der Waals surface area contributed by atoms with Crippen LogP contribution in [-0.4, -0.2) is 36.6 Å². The van der Waals surface area contributed by atoms with Gasteiger partial charge in [-0.1, -0.05) is 23.7 Å². The van der Waals surface area contributed by atoms with Crippen LogP contribution in [-0.2, 0) is 9.53 Å². The quantitative estimate of drug-likeness (QED) is 0.929. The molecule has 2 fully saturated rings. The summed E-state index contributed by atoms with van der Waals surface area (Å²) in [5.41, 5.74) is 1.04. The Kier molecular flexibility index (Phi) is 3.96. The molecule has 2 aliphatic heterocycles. The molecule has 108 valence electrons. The van der Waals surface area contributed by atoms with Crippen LogP contribution < -0.4 is 5.32 Å². The first-order chi connectivity index (χ1) is 9.66. The lowest BCUT2D eigenvalue weighted by molar-refractivity contribution is -0.131. The van der Waals surface area contributed by atoms with Crippen molar-refractivity contribution in [2.45, 2.75) is 25.6 Å². The Morgan fingerprint density at radius 2 is 2.35 bits per heavy atom. The van der Waals surface area contributed by atoms with E-state index in [1.165, 1.54) is 0 Å². The highest BCUT2D eigenvalue weighted by Crippen LogP contribution is 2.31. The van der Waals surface area contributed by atoms with Crippen molar-refractivity contribution >= 4 is 17.5 Å². The van der Waals surface area contributed by atoms with Crippen molar-refractivity contribution < 1.29 is 9.53 Å². The fourth-order valence-electron chi connectivity index (χ4n) is 3.10. The molecule has 0 radical (unpaired) electrons. The van der Waals surface area contributed by atoms with Gasteiger partial charge in [-0.05, 0) is 31.0 Å². The lowest BCUT2D eigenvalue weighted by Crippen LogP contribution is -2.42. The topological polar surface area (TPSA) is 41.6 Å². The number of carbonyl (C=O) groups excluding carboxylic acids is 1. The predicted molar refractivity (Wildman–Crippen MR) is 77.4 cm³/mol. The highest BCUT2D eigenvalue weighted by molar-refractivity contribution is 6.30. The van der Waals surface area contributed by atoms with Crippen LogP contribution in [0.1, 0.15) is 25.1 Å². The van der Waals surface area contributed by atoms with Gasteiger partial charge in [0.2, 0.25) is 5.91 Å². The van der Waals surface area contributed by atoms with Gasteiger partial charge in [0.15, 0.2) is 0 Å². The number of amides is 1. The summed E-state index contributed by atoms with van der Waals surface area (Å²) in [6.45, 7) is 4.04. The summed E-state index contributed by atoms with van der Waals surface area (Å²) in [5.74, 6) is 0.565. The number of hydrogen-bond donors (Lipinski definition) is 1. The third-order valence-electron chi connectivity index (χ3n) is 4.26. The zero-order chi connectivity index (χ0) is 14.1. The van der Waals surface area contributed by atoms with Gasteiger partial charge in [-0.2, -0.15) is 0 Å². The van der Waals surface area contributed by atoms with E-state index in [2.05, 4.69) is 12.2 Å². The standard InChI is InChI=1S/C15H19ClN2O2/c1-10(12-5-6-20-9-12)18-14(19)8-17-15(18)11-3-2-4-13(16)7-11/h2-4,7,10,12,15,17H,5-6,8-9H2,1H3. The Morgan fingerprint density at radius 3 is 3.05 bits per heavy atom. The summed E-state index contributed by atoms with van der Waals surface area (Å²) in [6, 6.07) is 7.86. The fourth-order valence-corrected chi connectivity index (χ4v) is 3.29. The van der Waals surface area contributed by atoms with Crippen LogP contribution in [0.25, 0.3) is 0 Å². The molecule has 4 nitrogen and oxygen atoms in total. The molecule has 2 saturated heterocycles. The van der Waals surface area contributed by atoms with Crippen LogP contribution in [0.4, 0.5) is 0 Å². The van der Waals surface area contributed by atoms with Crippen LogP contribution in [0.3, 0.4) is 0 Å². The van der Waals surface area contributed by atoms with Crippen molar-refractivity contribution in [2.24, 2.45) is 5.92 Å². The van der Waals surface area contributed by atoms with Gasteiger partial charge < -0.3 is 9.64 Å². The van der Waals surface area contributed by atoms with E-state index in [0.717, 1.165) is 25.2 Å². The number of nitrogens with one attached hydrogen (secondary N) is 1. The van der Waals surface area contributed by atoms with E-state index >= 15 is 0 Å². The molecule has 3 rings (SSSR count).